The molecule has 1 heterocycles. The van der Waals surface area contributed by atoms with Crippen LogP contribution in [0, 0.1) is 0 Å². The standard InChI is InChI=1S/C19H26N4O/c1-15(19(24)22-17-9-5-6-10-17)21-13-18-20-11-12-23(18)14-16-7-3-2-4-8-16/h2-4,7-8,11-12,15,17,21H,5-6,9-10,13-14H2,1H3,(H,22,24)/t15-/m1/s1. The summed E-state index contributed by atoms with van der Waals surface area (Å²) in [5.74, 6) is 1.03. The van der Waals surface area contributed by atoms with Crippen molar-refractivity contribution < 1.29 is 4.79 Å². The van der Waals surface area contributed by atoms with Gasteiger partial charge in [0.15, 0.2) is 0 Å². The molecule has 3 rings (SSSR count). The molecule has 5 heteroatoms. The highest BCUT2D eigenvalue weighted by molar-refractivity contribution is 5.81. The van der Waals surface area contributed by atoms with Crippen molar-refractivity contribution in [3.63, 3.8) is 0 Å². The van der Waals surface area contributed by atoms with Crippen LogP contribution in [-0.2, 0) is 17.9 Å². The lowest BCUT2D eigenvalue weighted by Crippen LogP contribution is -2.45. The summed E-state index contributed by atoms with van der Waals surface area (Å²) in [4.78, 5) is 16.6. The van der Waals surface area contributed by atoms with Crippen molar-refractivity contribution in [3.05, 3.63) is 54.1 Å². The molecule has 0 radical (unpaired) electrons. The molecule has 0 bridgehead atoms. The van der Waals surface area contributed by atoms with Gasteiger partial charge < -0.3 is 9.88 Å². The van der Waals surface area contributed by atoms with E-state index < -0.39 is 0 Å². The largest absolute Gasteiger partial charge is 0.352 e. The molecular formula is C19H26N4O. The molecular weight excluding hydrogens is 300 g/mol. The van der Waals surface area contributed by atoms with Gasteiger partial charge in [-0.15, -0.1) is 0 Å². The van der Waals surface area contributed by atoms with E-state index in [0.29, 0.717) is 12.6 Å². The molecule has 2 aromatic rings. The maximum Gasteiger partial charge on any atom is 0.237 e. The van der Waals surface area contributed by atoms with E-state index in [1.54, 1.807) is 0 Å². The first-order valence-corrected chi connectivity index (χ1v) is 8.80. The first-order chi connectivity index (χ1) is 11.7. The van der Waals surface area contributed by atoms with Gasteiger partial charge >= 0.3 is 0 Å². The second kappa shape index (κ2) is 8.11. The van der Waals surface area contributed by atoms with E-state index in [1.807, 2.05) is 37.5 Å². The number of imidazole rings is 1. The topological polar surface area (TPSA) is 59.0 Å². The Balaban J connectivity index is 1.51. The van der Waals surface area contributed by atoms with E-state index in [2.05, 4.69) is 32.3 Å². The van der Waals surface area contributed by atoms with Crippen LogP contribution in [0.4, 0.5) is 0 Å². The van der Waals surface area contributed by atoms with Gasteiger partial charge in [-0.1, -0.05) is 43.2 Å². The molecule has 1 aliphatic carbocycles. The fourth-order valence-electron chi connectivity index (χ4n) is 3.16. The van der Waals surface area contributed by atoms with Crippen molar-refractivity contribution in [2.75, 3.05) is 0 Å². The summed E-state index contributed by atoms with van der Waals surface area (Å²) < 4.78 is 2.12. The number of carbonyl (C=O) groups excluding carboxylic acids is 1. The van der Waals surface area contributed by atoms with Crippen LogP contribution in [0.15, 0.2) is 42.7 Å². The van der Waals surface area contributed by atoms with Crippen molar-refractivity contribution in [2.45, 2.75) is 57.8 Å². The summed E-state index contributed by atoms with van der Waals surface area (Å²) in [6.45, 7) is 3.29. The van der Waals surface area contributed by atoms with Gasteiger partial charge in [0, 0.05) is 25.0 Å². The van der Waals surface area contributed by atoms with E-state index in [-0.39, 0.29) is 11.9 Å². The minimum Gasteiger partial charge on any atom is -0.352 e. The zero-order chi connectivity index (χ0) is 16.8. The molecule has 1 aromatic carbocycles. The van der Waals surface area contributed by atoms with Gasteiger partial charge in [-0.2, -0.15) is 0 Å². The van der Waals surface area contributed by atoms with Crippen LogP contribution in [0.1, 0.15) is 44.0 Å². The van der Waals surface area contributed by atoms with Crippen molar-refractivity contribution in [1.82, 2.24) is 20.2 Å². The number of amides is 1. The number of rotatable bonds is 7. The lowest BCUT2D eigenvalue weighted by Gasteiger charge is -2.18. The number of nitrogens with zero attached hydrogens (tertiary/aromatic N) is 2. The van der Waals surface area contributed by atoms with Crippen LogP contribution < -0.4 is 10.6 Å². The molecule has 0 aliphatic heterocycles. The van der Waals surface area contributed by atoms with Crippen molar-refractivity contribution in [3.8, 4) is 0 Å². The predicted octanol–water partition coefficient (Wildman–Crippen LogP) is 2.47. The van der Waals surface area contributed by atoms with Crippen molar-refractivity contribution >= 4 is 5.91 Å². The number of hydrogen-bond acceptors (Lipinski definition) is 3. The normalized spacial score (nSPS) is 16.2. The lowest BCUT2D eigenvalue weighted by molar-refractivity contribution is -0.123. The lowest BCUT2D eigenvalue weighted by atomic mass is 10.2. The Bertz CT molecular complexity index is 646. The minimum atomic E-state index is -0.215. The van der Waals surface area contributed by atoms with E-state index in [0.717, 1.165) is 25.2 Å². The summed E-state index contributed by atoms with van der Waals surface area (Å²) in [6.07, 6.45) is 8.46. The van der Waals surface area contributed by atoms with Crippen LogP contribution in [0.25, 0.3) is 0 Å². The summed E-state index contributed by atoms with van der Waals surface area (Å²) in [7, 11) is 0. The number of hydrogen-bond donors (Lipinski definition) is 2. The third-order valence-corrected chi connectivity index (χ3v) is 4.66. The van der Waals surface area contributed by atoms with Crippen LogP contribution in [0.5, 0.6) is 0 Å². The SMILES string of the molecule is C[C@@H](NCc1nccn1Cc1ccccc1)C(=O)NC1CCCC1. The summed E-state index contributed by atoms with van der Waals surface area (Å²) in [5.41, 5.74) is 1.24. The summed E-state index contributed by atoms with van der Waals surface area (Å²) >= 11 is 0. The molecule has 5 nitrogen and oxygen atoms in total. The van der Waals surface area contributed by atoms with E-state index in [4.69, 9.17) is 0 Å². The molecule has 2 N–H and O–H groups in total. The van der Waals surface area contributed by atoms with Crippen molar-refractivity contribution in [1.29, 1.82) is 0 Å². The second-order valence-electron chi connectivity index (χ2n) is 6.55. The highest BCUT2D eigenvalue weighted by Crippen LogP contribution is 2.17. The number of carbonyl (C=O) groups is 1. The average molecular weight is 326 g/mol. The maximum atomic E-state index is 12.2. The summed E-state index contributed by atoms with van der Waals surface area (Å²) in [5, 5.41) is 6.42. The fourth-order valence-corrected chi connectivity index (χ4v) is 3.16. The van der Waals surface area contributed by atoms with Gasteiger partial charge in [-0.25, -0.2) is 4.98 Å². The molecule has 128 valence electrons. The van der Waals surface area contributed by atoms with Crippen molar-refractivity contribution in [2.24, 2.45) is 0 Å². The maximum absolute atomic E-state index is 12.2. The average Bonchev–Trinajstić information content (AvgIpc) is 3.25. The van der Waals surface area contributed by atoms with Gasteiger partial charge in [0.25, 0.3) is 0 Å². The van der Waals surface area contributed by atoms with E-state index in [9.17, 15) is 4.79 Å². The van der Waals surface area contributed by atoms with Crippen LogP contribution >= 0.6 is 0 Å². The number of benzene rings is 1. The highest BCUT2D eigenvalue weighted by atomic mass is 16.2. The van der Waals surface area contributed by atoms with Crippen LogP contribution in [0.3, 0.4) is 0 Å². The first-order valence-electron chi connectivity index (χ1n) is 8.80. The molecule has 1 amide bonds. The molecule has 1 fully saturated rings. The van der Waals surface area contributed by atoms with Crippen LogP contribution in [0.2, 0.25) is 0 Å². The number of aromatic nitrogens is 2. The molecule has 0 spiro atoms. The summed E-state index contributed by atoms with van der Waals surface area (Å²) in [6, 6.07) is 10.5. The molecule has 1 aliphatic rings. The molecule has 24 heavy (non-hydrogen) atoms. The quantitative estimate of drug-likeness (QED) is 0.822. The Morgan fingerprint density at radius 3 is 2.79 bits per heavy atom. The minimum absolute atomic E-state index is 0.0862. The van der Waals surface area contributed by atoms with E-state index >= 15 is 0 Å². The molecule has 1 saturated carbocycles. The second-order valence-corrected chi connectivity index (χ2v) is 6.55. The Hall–Kier alpha value is -2.14. The Kier molecular flexibility index (Phi) is 5.64. The Labute approximate surface area is 143 Å². The van der Waals surface area contributed by atoms with E-state index in [1.165, 1.54) is 18.4 Å². The van der Waals surface area contributed by atoms with Crippen LogP contribution in [-0.4, -0.2) is 27.5 Å². The molecule has 0 saturated heterocycles. The van der Waals surface area contributed by atoms with Gasteiger partial charge in [0.05, 0.1) is 12.6 Å². The van der Waals surface area contributed by atoms with Gasteiger partial charge in [0.1, 0.15) is 5.82 Å². The molecule has 1 atom stereocenters. The third-order valence-electron chi connectivity index (χ3n) is 4.66. The van der Waals surface area contributed by atoms with Gasteiger partial charge in [0.2, 0.25) is 5.91 Å². The highest BCUT2D eigenvalue weighted by Gasteiger charge is 2.20. The molecule has 0 unspecified atom stereocenters. The zero-order valence-corrected chi connectivity index (χ0v) is 14.2. The monoisotopic (exact) mass is 326 g/mol. The Morgan fingerprint density at radius 1 is 1.29 bits per heavy atom. The smallest absolute Gasteiger partial charge is 0.237 e. The number of nitrogens with one attached hydrogen (secondary N) is 2. The zero-order valence-electron chi connectivity index (χ0n) is 14.2. The first kappa shape index (κ1) is 16.7. The third kappa shape index (κ3) is 4.45. The fraction of sp³-hybridized carbons (Fsp3) is 0.474. The Morgan fingerprint density at radius 2 is 2.04 bits per heavy atom. The van der Waals surface area contributed by atoms with Gasteiger partial charge in [-0.3, -0.25) is 10.1 Å². The molecule has 1 aromatic heterocycles. The predicted molar refractivity (Wildman–Crippen MR) is 94.5 cm³/mol. The van der Waals surface area contributed by atoms with Gasteiger partial charge in [-0.05, 0) is 25.3 Å².